The molecule has 2 aromatic carbocycles. The highest BCUT2D eigenvalue weighted by Crippen LogP contribution is 2.42. The van der Waals surface area contributed by atoms with Crippen molar-refractivity contribution in [2.24, 2.45) is 0 Å². The summed E-state index contributed by atoms with van der Waals surface area (Å²) in [6.45, 7) is 0. The van der Waals surface area contributed by atoms with Crippen LogP contribution in [0.1, 0.15) is 22.3 Å². The van der Waals surface area contributed by atoms with Crippen LogP contribution in [0.4, 0.5) is 57.5 Å². The van der Waals surface area contributed by atoms with Crippen molar-refractivity contribution in [1.29, 1.82) is 0 Å². The van der Waals surface area contributed by atoms with Gasteiger partial charge in [0.15, 0.2) is 0 Å². The van der Waals surface area contributed by atoms with Gasteiger partial charge < -0.3 is 9.47 Å². The van der Waals surface area contributed by atoms with Gasteiger partial charge >= 0.3 is 30.9 Å². The summed E-state index contributed by atoms with van der Waals surface area (Å²) in [5.74, 6) is -3.09. The highest BCUT2D eigenvalue weighted by molar-refractivity contribution is 5.68. The molecule has 0 saturated carbocycles. The fraction of sp³-hybridized carbons (Fsp3) is 0.235. The zero-order valence-corrected chi connectivity index (χ0v) is 14.7. The van der Waals surface area contributed by atoms with Gasteiger partial charge in [-0.25, -0.2) is 4.79 Å². The van der Waals surface area contributed by atoms with Crippen LogP contribution in [0, 0.1) is 0 Å². The van der Waals surface area contributed by atoms with E-state index < -0.39 is 76.7 Å². The van der Waals surface area contributed by atoms with E-state index in [1.165, 1.54) is 0 Å². The van der Waals surface area contributed by atoms with Crippen molar-refractivity contribution in [3.05, 3.63) is 58.7 Å². The van der Waals surface area contributed by atoms with E-state index in [2.05, 4.69) is 9.47 Å². The molecule has 32 heavy (non-hydrogen) atoms. The van der Waals surface area contributed by atoms with Crippen LogP contribution >= 0.6 is 0 Å². The van der Waals surface area contributed by atoms with E-state index >= 15 is 0 Å². The van der Waals surface area contributed by atoms with Crippen LogP contribution in [0.25, 0.3) is 0 Å². The van der Waals surface area contributed by atoms with E-state index in [-0.39, 0.29) is 24.3 Å². The number of rotatable bonds is 2. The van der Waals surface area contributed by atoms with Gasteiger partial charge in [0.2, 0.25) is 0 Å². The third-order valence-electron chi connectivity index (χ3n) is 3.61. The summed E-state index contributed by atoms with van der Waals surface area (Å²) in [5.41, 5.74) is -7.75. The zero-order chi connectivity index (χ0) is 24.7. The summed E-state index contributed by atoms with van der Waals surface area (Å²) >= 11 is 0. The number of carbonyl (C=O) groups is 1. The molecule has 0 atom stereocenters. The number of hydrogen-bond donors (Lipinski definition) is 0. The van der Waals surface area contributed by atoms with E-state index in [1.807, 2.05) is 0 Å². The molecule has 0 N–H and O–H groups in total. The van der Waals surface area contributed by atoms with Crippen LogP contribution in [0.2, 0.25) is 0 Å². The van der Waals surface area contributed by atoms with Crippen molar-refractivity contribution in [2.75, 3.05) is 0 Å². The van der Waals surface area contributed by atoms with Gasteiger partial charge in [-0.2, -0.15) is 52.7 Å². The van der Waals surface area contributed by atoms with Crippen LogP contribution in [0.15, 0.2) is 36.4 Å². The molecule has 0 unspecified atom stereocenters. The van der Waals surface area contributed by atoms with Crippen molar-refractivity contribution in [2.45, 2.75) is 24.7 Å². The first-order chi connectivity index (χ1) is 14.3. The minimum absolute atomic E-state index is 0.0737. The lowest BCUT2D eigenvalue weighted by atomic mass is 10.1. The zero-order valence-electron chi connectivity index (χ0n) is 14.7. The van der Waals surface area contributed by atoms with E-state index in [1.54, 1.807) is 0 Å². The van der Waals surface area contributed by atoms with Gasteiger partial charge in [-0.3, -0.25) is 0 Å². The van der Waals surface area contributed by atoms with E-state index in [0.29, 0.717) is 0 Å². The predicted octanol–water partition coefficient (Wildman–Crippen LogP) is 7.34. The maximum atomic E-state index is 13.0. The molecule has 0 amide bonds. The van der Waals surface area contributed by atoms with Crippen LogP contribution in [-0.4, -0.2) is 6.16 Å². The van der Waals surface area contributed by atoms with Crippen LogP contribution < -0.4 is 9.47 Å². The Morgan fingerprint density at radius 1 is 0.531 bits per heavy atom. The van der Waals surface area contributed by atoms with Gasteiger partial charge in [0.25, 0.3) is 0 Å². The number of ether oxygens (including phenoxy) is 2. The molecule has 0 bridgehead atoms. The SMILES string of the molecule is O=C(Oc1ccc(C(F)(F)F)cc1C(F)(F)F)Oc1ccc(C(F)(F)F)cc1C(F)(F)F. The van der Waals surface area contributed by atoms with Crippen LogP contribution in [0.5, 0.6) is 11.5 Å². The van der Waals surface area contributed by atoms with E-state index in [0.717, 1.165) is 0 Å². The van der Waals surface area contributed by atoms with Gasteiger partial charge in [0.05, 0.1) is 22.3 Å². The first-order valence-electron chi connectivity index (χ1n) is 7.76. The molecule has 176 valence electrons. The highest BCUT2D eigenvalue weighted by Gasteiger charge is 2.41. The van der Waals surface area contributed by atoms with Crippen molar-refractivity contribution >= 4 is 6.16 Å². The summed E-state index contributed by atoms with van der Waals surface area (Å²) in [6.07, 6.45) is -23.7. The topological polar surface area (TPSA) is 35.5 Å². The first kappa shape index (κ1) is 25.1. The fourth-order valence-electron chi connectivity index (χ4n) is 2.23. The molecule has 0 spiro atoms. The van der Waals surface area contributed by atoms with Crippen molar-refractivity contribution in [3.8, 4) is 11.5 Å². The smallest absolute Gasteiger partial charge is 0.394 e. The minimum atomic E-state index is -5.48. The molecular weight excluding hydrogens is 480 g/mol. The van der Waals surface area contributed by atoms with Gasteiger partial charge in [-0.05, 0) is 36.4 Å². The normalized spacial score (nSPS) is 13.1. The number of benzene rings is 2. The second kappa shape index (κ2) is 8.09. The lowest BCUT2D eigenvalue weighted by Gasteiger charge is -2.17. The molecule has 0 aromatic heterocycles. The molecule has 2 aromatic rings. The number of hydrogen-bond acceptors (Lipinski definition) is 3. The predicted molar refractivity (Wildman–Crippen MR) is 79.5 cm³/mol. The Morgan fingerprint density at radius 3 is 1.09 bits per heavy atom. The Kier molecular flexibility index (Phi) is 6.35. The Hall–Kier alpha value is -3.13. The Bertz CT molecular complexity index is 920. The quantitative estimate of drug-likeness (QED) is 0.253. The van der Waals surface area contributed by atoms with Gasteiger partial charge in [0, 0.05) is 0 Å². The van der Waals surface area contributed by atoms with Crippen LogP contribution in [-0.2, 0) is 24.7 Å². The minimum Gasteiger partial charge on any atom is -0.394 e. The van der Waals surface area contributed by atoms with Crippen molar-refractivity contribution < 1.29 is 67.0 Å². The molecule has 0 heterocycles. The molecule has 3 nitrogen and oxygen atoms in total. The van der Waals surface area contributed by atoms with Gasteiger partial charge in [-0.1, -0.05) is 0 Å². The average molecular weight is 486 g/mol. The monoisotopic (exact) mass is 486 g/mol. The Labute approximate surface area is 169 Å². The second-order valence-electron chi connectivity index (χ2n) is 5.87. The van der Waals surface area contributed by atoms with Crippen molar-refractivity contribution in [1.82, 2.24) is 0 Å². The molecule has 2 rings (SSSR count). The van der Waals surface area contributed by atoms with Crippen LogP contribution in [0.3, 0.4) is 0 Å². The summed E-state index contributed by atoms with van der Waals surface area (Å²) in [4.78, 5) is 11.7. The lowest BCUT2D eigenvalue weighted by Crippen LogP contribution is -2.20. The molecule has 15 heteroatoms. The molecule has 0 aliphatic rings. The fourth-order valence-corrected chi connectivity index (χ4v) is 2.23. The molecular formula is C17H6F12O3. The number of alkyl halides is 12. The second-order valence-corrected chi connectivity index (χ2v) is 5.87. The largest absolute Gasteiger partial charge is 0.519 e. The Morgan fingerprint density at radius 2 is 0.844 bits per heavy atom. The molecule has 0 aliphatic heterocycles. The standard InChI is InChI=1S/C17H6F12O3/c18-14(19,20)7-1-3-11(9(5-7)16(24,25)26)31-13(30)32-12-4-2-8(15(21,22)23)6-10(12)17(27,28)29/h1-6H. The third-order valence-corrected chi connectivity index (χ3v) is 3.61. The highest BCUT2D eigenvalue weighted by atomic mass is 19.4. The van der Waals surface area contributed by atoms with Gasteiger partial charge in [-0.15, -0.1) is 0 Å². The number of halogens is 12. The summed E-state index contributed by atoms with van der Waals surface area (Å²) < 4.78 is 162. The molecule has 0 aliphatic carbocycles. The van der Waals surface area contributed by atoms with Gasteiger partial charge in [0.1, 0.15) is 11.5 Å². The maximum absolute atomic E-state index is 13.0. The van der Waals surface area contributed by atoms with E-state index in [9.17, 15) is 57.5 Å². The average Bonchev–Trinajstić information content (AvgIpc) is 2.58. The third kappa shape index (κ3) is 5.97. The molecule has 0 saturated heterocycles. The summed E-state index contributed by atoms with van der Waals surface area (Å²) in [5, 5.41) is 0. The van der Waals surface area contributed by atoms with Crippen molar-refractivity contribution in [3.63, 3.8) is 0 Å². The summed E-state index contributed by atoms with van der Waals surface area (Å²) in [7, 11) is 0. The number of carbonyl (C=O) groups excluding carboxylic acids is 1. The van der Waals surface area contributed by atoms with E-state index in [4.69, 9.17) is 0 Å². The first-order valence-corrected chi connectivity index (χ1v) is 7.76. The maximum Gasteiger partial charge on any atom is 0.519 e. The summed E-state index contributed by atoms with van der Waals surface area (Å²) in [6, 6.07) is -0.493. The molecule has 0 fully saturated rings. The molecule has 0 radical (unpaired) electrons. The lowest BCUT2D eigenvalue weighted by molar-refractivity contribution is -0.145. The Balaban J connectivity index is 2.39.